The fraction of sp³-hybridized carbons (Fsp3) is 0.389. The van der Waals surface area contributed by atoms with Gasteiger partial charge >= 0.3 is 0 Å². The molecule has 1 unspecified atom stereocenters. The Labute approximate surface area is 260 Å². The molecule has 0 bridgehead atoms. The van der Waals surface area contributed by atoms with Crippen LogP contribution in [0, 0.1) is 17.8 Å². The van der Waals surface area contributed by atoms with E-state index in [4.69, 9.17) is 15.5 Å². The summed E-state index contributed by atoms with van der Waals surface area (Å²) in [6.45, 7) is 1.36. The largest absolute Gasteiger partial charge is 0.508 e. The molecule has 9 heteroatoms. The lowest BCUT2D eigenvalue weighted by Crippen LogP contribution is -2.75. The van der Waals surface area contributed by atoms with E-state index in [1.54, 1.807) is 13.2 Å². The lowest BCUT2D eigenvalue weighted by molar-refractivity contribution is -0.0520. The van der Waals surface area contributed by atoms with E-state index in [0.717, 1.165) is 70.5 Å². The van der Waals surface area contributed by atoms with Gasteiger partial charge in [0.2, 0.25) is 0 Å². The molecule has 4 fully saturated rings. The predicted octanol–water partition coefficient (Wildman–Crippen LogP) is 5.04. The van der Waals surface area contributed by atoms with Crippen LogP contribution >= 0.6 is 0 Å². The molecule has 45 heavy (non-hydrogen) atoms. The second-order valence-electron chi connectivity index (χ2n) is 13.7. The fourth-order valence-electron chi connectivity index (χ4n) is 8.66. The van der Waals surface area contributed by atoms with Crippen LogP contribution < -0.4 is 10.5 Å². The Morgan fingerprint density at radius 3 is 2.67 bits per heavy atom. The van der Waals surface area contributed by atoms with Crippen LogP contribution in [0.25, 0.3) is 44.6 Å². The summed E-state index contributed by atoms with van der Waals surface area (Å²) >= 11 is 0. The van der Waals surface area contributed by atoms with Gasteiger partial charge in [-0.2, -0.15) is 0 Å². The molecule has 9 rings (SSSR count). The summed E-state index contributed by atoms with van der Waals surface area (Å²) in [6.07, 6.45) is 4.53. The molecule has 4 N–H and O–H groups in total. The van der Waals surface area contributed by atoms with Crippen LogP contribution in [0.5, 0.6) is 11.5 Å². The van der Waals surface area contributed by atoms with Crippen LogP contribution in [-0.4, -0.2) is 60.4 Å². The third kappa shape index (κ3) is 3.68. The maximum atomic E-state index is 13.9. The Morgan fingerprint density at radius 2 is 1.93 bits per heavy atom. The quantitative estimate of drug-likeness (QED) is 0.240. The van der Waals surface area contributed by atoms with E-state index in [-0.39, 0.29) is 29.8 Å². The number of aliphatic hydroxyl groups excluding tert-OH is 1. The normalized spacial score (nSPS) is 25.0. The number of nitrogens with zero attached hydrogens (tertiary/aromatic N) is 4. The third-order valence-corrected chi connectivity index (χ3v) is 11.4. The second-order valence-corrected chi connectivity index (χ2v) is 13.7. The number of aromatic hydroxyl groups is 1. The van der Waals surface area contributed by atoms with Crippen LogP contribution in [0.1, 0.15) is 41.6 Å². The number of benzene rings is 3. The first-order chi connectivity index (χ1) is 21.8. The zero-order valence-corrected chi connectivity index (χ0v) is 25.5. The number of fused-ring (bicyclic) bond motifs is 2. The highest BCUT2D eigenvalue weighted by atomic mass is 16.5. The van der Waals surface area contributed by atoms with Gasteiger partial charge in [0.1, 0.15) is 17.0 Å². The summed E-state index contributed by atoms with van der Waals surface area (Å²) in [7, 11) is 3.65. The van der Waals surface area contributed by atoms with Crippen molar-refractivity contribution in [3.05, 3.63) is 65.7 Å². The van der Waals surface area contributed by atoms with Gasteiger partial charge in [0.05, 0.1) is 36.5 Å². The molecule has 1 aliphatic heterocycles. The van der Waals surface area contributed by atoms with Crippen molar-refractivity contribution in [3.8, 4) is 34.1 Å². The molecule has 0 spiro atoms. The van der Waals surface area contributed by atoms with Gasteiger partial charge in [-0.25, -0.2) is 4.98 Å². The minimum atomic E-state index is -0.233. The van der Waals surface area contributed by atoms with E-state index in [9.17, 15) is 15.0 Å². The lowest BCUT2D eigenvalue weighted by Gasteiger charge is -2.61. The average molecular weight is 604 g/mol. The summed E-state index contributed by atoms with van der Waals surface area (Å²) in [5.74, 6) is 3.10. The van der Waals surface area contributed by atoms with Gasteiger partial charge in [0, 0.05) is 47.8 Å². The summed E-state index contributed by atoms with van der Waals surface area (Å²) in [6, 6.07) is 17.8. The van der Waals surface area contributed by atoms with Crippen molar-refractivity contribution in [1.82, 2.24) is 19.0 Å². The smallest absolute Gasteiger partial charge is 0.254 e. The number of hydrogen-bond acceptors (Lipinski definition) is 6. The highest BCUT2D eigenvalue weighted by Crippen LogP contribution is 2.62. The van der Waals surface area contributed by atoms with Crippen molar-refractivity contribution < 1.29 is 19.7 Å². The summed E-state index contributed by atoms with van der Waals surface area (Å²) in [5.41, 5.74) is 13.3. The lowest BCUT2D eigenvalue weighted by atomic mass is 9.47. The average Bonchev–Trinajstić information content (AvgIpc) is 3.75. The molecule has 5 aromatic rings. The summed E-state index contributed by atoms with van der Waals surface area (Å²) < 4.78 is 10.3. The molecule has 3 heterocycles. The Hall–Kier alpha value is -4.34. The Morgan fingerprint density at radius 1 is 1.09 bits per heavy atom. The van der Waals surface area contributed by atoms with Gasteiger partial charge in [-0.05, 0) is 79.3 Å². The Kier molecular flexibility index (Phi) is 5.61. The molecule has 3 aromatic carbocycles. The standard InChI is InChI=1S/C36H37N5O4/c1-39-33-27(11-22(13-30(33)45-2)35(44)41-17-25-14-24-15-31(41)36(24,25)37)38-34(39)28-12-21-4-3-5-26(32(21)40(28)16-19-6-7-19)20-8-9-29(43)23(10-20)18-42/h3-5,8-13,19,24-25,31,42-43H,6-7,14-18,37H2,1-2H3/t24?,25-,31-,36-/m1/s1. The number of likely N-dealkylation sites (tertiary alicyclic amines) is 1. The molecule has 2 aromatic heterocycles. The van der Waals surface area contributed by atoms with E-state index >= 15 is 0 Å². The van der Waals surface area contributed by atoms with Crippen molar-refractivity contribution in [2.75, 3.05) is 13.7 Å². The minimum absolute atomic E-state index is 0.00807. The fourth-order valence-corrected chi connectivity index (χ4v) is 8.66. The topological polar surface area (TPSA) is 119 Å². The summed E-state index contributed by atoms with van der Waals surface area (Å²) in [5, 5.41) is 21.1. The number of carbonyl (C=O) groups is 1. The zero-order valence-electron chi connectivity index (χ0n) is 25.5. The Balaban J connectivity index is 1.18. The number of nitrogens with two attached hydrogens (primary N) is 1. The molecule has 9 nitrogen and oxygen atoms in total. The van der Waals surface area contributed by atoms with Crippen LogP contribution in [-0.2, 0) is 20.2 Å². The van der Waals surface area contributed by atoms with Crippen LogP contribution in [0.2, 0.25) is 0 Å². The van der Waals surface area contributed by atoms with Gasteiger partial charge in [-0.15, -0.1) is 0 Å². The van der Waals surface area contributed by atoms with Crippen molar-refractivity contribution in [3.63, 3.8) is 0 Å². The van der Waals surface area contributed by atoms with Crippen LogP contribution in [0.4, 0.5) is 0 Å². The maximum Gasteiger partial charge on any atom is 0.254 e. The van der Waals surface area contributed by atoms with Gasteiger partial charge in [0.15, 0.2) is 5.82 Å². The number of aryl methyl sites for hydroxylation is 1. The van der Waals surface area contributed by atoms with Gasteiger partial charge in [0.25, 0.3) is 5.91 Å². The third-order valence-electron chi connectivity index (χ3n) is 11.4. The number of amides is 1. The number of aliphatic hydroxyl groups is 1. The van der Waals surface area contributed by atoms with E-state index in [2.05, 4.69) is 27.3 Å². The van der Waals surface area contributed by atoms with Crippen LogP contribution in [0.3, 0.4) is 0 Å². The molecule has 1 amide bonds. The number of imidazole rings is 1. The number of ether oxygens (including phenoxy) is 1. The number of phenols is 1. The molecule has 0 radical (unpaired) electrons. The molecular formula is C36H37N5O4. The second kappa shape index (κ2) is 9.34. The van der Waals surface area contributed by atoms with E-state index < -0.39 is 0 Å². The Bertz CT molecular complexity index is 2060. The number of carbonyl (C=O) groups excluding carboxylic acids is 1. The molecule has 4 atom stereocenters. The number of aromatic nitrogens is 3. The predicted molar refractivity (Wildman–Crippen MR) is 172 cm³/mol. The first-order valence-electron chi connectivity index (χ1n) is 16.0. The van der Waals surface area contributed by atoms with Gasteiger partial charge in [-0.1, -0.05) is 24.3 Å². The number of rotatable bonds is 7. The molecule has 4 aliphatic rings. The minimum Gasteiger partial charge on any atom is -0.508 e. The molecule has 1 saturated heterocycles. The first-order valence-corrected chi connectivity index (χ1v) is 16.0. The highest BCUT2D eigenvalue weighted by Gasteiger charge is 2.71. The van der Waals surface area contributed by atoms with Crippen molar-refractivity contribution in [2.24, 2.45) is 30.5 Å². The van der Waals surface area contributed by atoms with Crippen LogP contribution in [0.15, 0.2) is 54.6 Å². The highest BCUT2D eigenvalue weighted by molar-refractivity contribution is 6.02. The molecule has 3 saturated carbocycles. The van der Waals surface area contributed by atoms with Crippen molar-refractivity contribution in [2.45, 2.75) is 50.4 Å². The number of para-hydroxylation sites is 1. The van der Waals surface area contributed by atoms with Gasteiger partial charge < -0.3 is 34.7 Å². The van der Waals surface area contributed by atoms with Crippen molar-refractivity contribution >= 4 is 27.8 Å². The molecule has 230 valence electrons. The van der Waals surface area contributed by atoms with E-state index in [1.807, 2.05) is 42.3 Å². The number of hydrogen-bond donors (Lipinski definition) is 3. The first kappa shape index (κ1) is 27.0. The van der Waals surface area contributed by atoms with E-state index in [1.165, 1.54) is 12.8 Å². The monoisotopic (exact) mass is 603 g/mol. The number of methoxy groups -OCH3 is 1. The van der Waals surface area contributed by atoms with E-state index in [0.29, 0.717) is 34.6 Å². The molecular weight excluding hydrogens is 566 g/mol. The molecule has 3 aliphatic carbocycles. The SMILES string of the molecule is COc1cc(C(=O)N2C[C@H]3CC4C[C@@H]2[C@@]43N)cc2nc(-c3cc4cccc(-c5ccc(O)c(CO)c5)c4n3CC3CC3)n(C)c12. The maximum absolute atomic E-state index is 13.9. The summed E-state index contributed by atoms with van der Waals surface area (Å²) in [4.78, 5) is 21.1. The van der Waals surface area contributed by atoms with Gasteiger partial charge in [-0.3, -0.25) is 4.79 Å². The van der Waals surface area contributed by atoms with Crippen molar-refractivity contribution in [1.29, 1.82) is 0 Å². The zero-order chi connectivity index (χ0) is 30.8.